The average Bonchev–Trinajstić information content (AvgIpc) is 3.00. The summed E-state index contributed by atoms with van der Waals surface area (Å²) in [5.74, 6) is 0.114. The van der Waals surface area contributed by atoms with Crippen LogP contribution in [-0.4, -0.2) is 31.5 Å². The van der Waals surface area contributed by atoms with Crippen molar-refractivity contribution in [2.45, 2.75) is 0 Å². The topological polar surface area (TPSA) is 120 Å². The molecule has 0 aliphatic heterocycles. The second-order valence-electron chi connectivity index (χ2n) is 4.21. The lowest BCUT2D eigenvalue weighted by atomic mass is 10.1. The van der Waals surface area contributed by atoms with E-state index in [9.17, 15) is 4.79 Å². The minimum atomic E-state index is -0.668. The van der Waals surface area contributed by atoms with Crippen molar-refractivity contribution in [2.24, 2.45) is 5.73 Å². The lowest BCUT2D eigenvalue weighted by Gasteiger charge is -2.05. The molecule has 8 nitrogen and oxygen atoms in total. The number of nitrogens with zero attached hydrogens (tertiary/aromatic N) is 4. The maximum atomic E-state index is 11.3. The first kappa shape index (κ1) is 14.0. The first-order chi connectivity index (χ1) is 10.6. The number of carbonyl (C=O) groups excluding carboxylic acids is 1. The minimum absolute atomic E-state index is 0.0587. The molecule has 0 saturated heterocycles. The summed E-state index contributed by atoms with van der Waals surface area (Å²) < 4.78 is 5.57. The molecule has 1 amide bonds. The fourth-order valence-electron chi connectivity index (χ4n) is 1.79. The number of nitrogens with two attached hydrogens (primary N) is 1. The summed E-state index contributed by atoms with van der Waals surface area (Å²) in [4.78, 5) is 11.3. The second-order valence-corrected chi connectivity index (χ2v) is 4.60. The number of ether oxygens (including phenoxy) is 1. The molecule has 0 atom stereocenters. The molecular formula is C13H9ClN6O2. The number of nitrogens with one attached hydrogen (secondary N) is 1. The normalized spacial score (nSPS) is 10.4. The molecule has 2 aromatic heterocycles. The van der Waals surface area contributed by atoms with Gasteiger partial charge >= 0.3 is 0 Å². The number of rotatable bonds is 4. The molecule has 0 fully saturated rings. The maximum absolute atomic E-state index is 11.3. The minimum Gasteiger partial charge on any atom is -0.438 e. The van der Waals surface area contributed by atoms with Gasteiger partial charge in [0.1, 0.15) is 11.4 Å². The van der Waals surface area contributed by atoms with Crippen molar-refractivity contribution < 1.29 is 9.53 Å². The Morgan fingerprint density at radius 2 is 2.05 bits per heavy atom. The quantitative estimate of drug-likeness (QED) is 0.757. The molecule has 3 aromatic rings. The summed E-state index contributed by atoms with van der Waals surface area (Å²) in [6.45, 7) is 0. The van der Waals surface area contributed by atoms with Gasteiger partial charge < -0.3 is 10.5 Å². The molecule has 9 heteroatoms. The van der Waals surface area contributed by atoms with Gasteiger partial charge in [-0.1, -0.05) is 23.7 Å². The van der Waals surface area contributed by atoms with Crippen LogP contribution in [0.5, 0.6) is 11.6 Å². The van der Waals surface area contributed by atoms with Crippen LogP contribution in [0.2, 0.25) is 5.15 Å². The smallest absolute Gasteiger partial charge is 0.271 e. The van der Waals surface area contributed by atoms with Crippen molar-refractivity contribution in [2.75, 3.05) is 0 Å². The molecule has 0 unspecified atom stereocenters. The molecule has 0 radical (unpaired) electrons. The standard InChI is InChI=1S/C13H9ClN6O2/c14-9-4-5-10(17-16-9)22-8-3-1-2-7(6-8)11-12(13(15)21)19-20-18-11/h1-6H,(H2,15,21)(H,18,19,20). The first-order valence-corrected chi connectivity index (χ1v) is 6.49. The van der Waals surface area contributed by atoms with E-state index in [4.69, 9.17) is 22.1 Å². The number of carbonyl (C=O) groups is 1. The zero-order valence-corrected chi connectivity index (χ0v) is 11.8. The number of aromatic nitrogens is 5. The Morgan fingerprint density at radius 1 is 1.18 bits per heavy atom. The van der Waals surface area contributed by atoms with Crippen LogP contribution < -0.4 is 10.5 Å². The monoisotopic (exact) mass is 316 g/mol. The molecule has 3 rings (SSSR count). The molecule has 0 aliphatic rings. The van der Waals surface area contributed by atoms with Crippen LogP contribution >= 0.6 is 11.6 Å². The van der Waals surface area contributed by atoms with Crippen LogP contribution in [0.4, 0.5) is 0 Å². The average molecular weight is 317 g/mol. The summed E-state index contributed by atoms with van der Waals surface area (Å²) >= 11 is 5.66. The third-order valence-electron chi connectivity index (χ3n) is 2.72. The number of H-pyrrole nitrogens is 1. The van der Waals surface area contributed by atoms with Crippen molar-refractivity contribution >= 4 is 17.5 Å². The van der Waals surface area contributed by atoms with Gasteiger partial charge in [-0.2, -0.15) is 15.4 Å². The van der Waals surface area contributed by atoms with E-state index >= 15 is 0 Å². The van der Waals surface area contributed by atoms with Gasteiger partial charge in [-0.3, -0.25) is 4.79 Å². The van der Waals surface area contributed by atoms with Gasteiger partial charge in [-0.15, -0.1) is 10.2 Å². The lowest BCUT2D eigenvalue weighted by Crippen LogP contribution is -2.12. The van der Waals surface area contributed by atoms with Crippen LogP contribution in [0.15, 0.2) is 36.4 Å². The van der Waals surface area contributed by atoms with E-state index < -0.39 is 5.91 Å². The second kappa shape index (κ2) is 5.78. The fraction of sp³-hybridized carbons (Fsp3) is 0. The first-order valence-electron chi connectivity index (χ1n) is 6.11. The number of hydrogen-bond donors (Lipinski definition) is 2. The van der Waals surface area contributed by atoms with E-state index in [2.05, 4.69) is 25.6 Å². The molecule has 22 heavy (non-hydrogen) atoms. The van der Waals surface area contributed by atoms with Crippen molar-refractivity contribution in [1.29, 1.82) is 0 Å². The van der Waals surface area contributed by atoms with Gasteiger partial charge in [-0.25, -0.2) is 0 Å². The van der Waals surface area contributed by atoms with E-state index in [1.54, 1.807) is 36.4 Å². The van der Waals surface area contributed by atoms with Crippen molar-refractivity contribution in [3.8, 4) is 22.9 Å². The van der Waals surface area contributed by atoms with Crippen LogP contribution in [0.1, 0.15) is 10.5 Å². The summed E-state index contributed by atoms with van der Waals surface area (Å²) in [6.07, 6.45) is 0. The molecule has 3 N–H and O–H groups in total. The van der Waals surface area contributed by atoms with Gasteiger partial charge in [0.05, 0.1) is 0 Å². The predicted octanol–water partition coefficient (Wildman–Crippen LogP) is 1.81. The molecule has 110 valence electrons. The van der Waals surface area contributed by atoms with E-state index in [0.717, 1.165) is 0 Å². The van der Waals surface area contributed by atoms with Crippen molar-refractivity contribution in [3.63, 3.8) is 0 Å². The van der Waals surface area contributed by atoms with Crippen LogP contribution in [-0.2, 0) is 0 Å². The highest BCUT2D eigenvalue weighted by molar-refractivity contribution is 6.29. The highest BCUT2D eigenvalue weighted by atomic mass is 35.5. The lowest BCUT2D eigenvalue weighted by molar-refractivity contribution is 0.0996. The largest absolute Gasteiger partial charge is 0.438 e. The third kappa shape index (κ3) is 2.86. The van der Waals surface area contributed by atoms with Gasteiger partial charge in [0.25, 0.3) is 5.91 Å². The molecule has 0 saturated carbocycles. The van der Waals surface area contributed by atoms with Gasteiger partial charge in [0.15, 0.2) is 10.8 Å². The van der Waals surface area contributed by atoms with E-state index in [1.807, 2.05) is 0 Å². The highest BCUT2D eigenvalue weighted by Crippen LogP contribution is 2.26. The molecule has 1 aromatic carbocycles. The van der Waals surface area contributed by atoms with E-state index in [-0.39, 0.29) is 16.7 Å². The Morgan fingerprint density at radius 3 is 2.77 bits per heavy atom. The molecule has 0 bridgehead atoms. The third-order valence-corrected chi connectivity index (χ3v) is 2.92. The number of amides is 1. The zero-order chi connectivity index (χ0) is 15.5. The zero-order valence-electron chi connectivity index (χ0n) is 11.0. The Bertz CT molecular complexity index is 817. The van der Waals surface area contributed by atoms with Crippen molar-refractivity contribution in [1.82, 2.24) is 25.6 Å². The van der Waals surface area contributed by atoms with Gasteiger partial charge in [0.2, 0.25) is 5.88 Å². The SMILES string of the molecule is NC(=O)c1n[nH]nc1-c1cccc(Oc2ccc(Cl)nn2)c1. The Hall–Kier alpha value is -3.00. The number of hydrogen-bond acceptors (Lipinski definition) is 6. The van der Waals surface area contributed by atoms with Crippen molar-refractivity contribution in [3.05, 3.63) is 47.2 Å². The van der Waals surface area contributed by atoms with Gasteiger partial charge in [0, 0.05) is 11.6 Å². The fourth-order valence-corrected chi connectivity index (χ4v) is 1.89. The highest BCUT2D eigenvalue weighted by Gasteiger charge is 2.15. The summed E-state index contributed by atoms with van der Waals surface area (Å²) in [6, 6.07) is 10.1. The van der Waals surface area contributed by atoms with Gasteiger partial charge in [-0.05, 0) is 18.2 Å². The molecule has 2 heterocycles. The molecule has 0 aliphatic carbocycles. The number of aromatic amines is 1. The summed E-state index contributed by atoms with van der Waals surface area (Å²) in [5, 5.41) is 17.8. The Labute approximate surface area is 129 Å². The Balaban J connectivity index is 1.91. The Kier molecular flexibility index (Phi) is 3.67. The number of primary amides is 1. The van der Waals surface area contributed by atoms with Crippen LogP contribution in [0, 0.1) is 0 Å². The molecular weight excluding hydrogens is 308 g/mol. The summed E-state index contributed by atoms with van der Waals surface area (Å²) in [7, 11) is 0. The van der Waals surface area contributed by atoms with Crippen LogP contribution in [0.3, 0.4) is 0 Å². The van der Waals surface area contributed by atoms with E-state index in [0.29, 0.717) is 17.0 Å². The number of benzene rings is 1. The van der Waals surface area contributed by atoms with E-state index in [1.165, 1.54) is 0 Å². The predicted molar refractivity (Wildman–Crippen MR) is 77.5 cm³/mol. The molecule has 0 spiro atoms. The maximum Gasteiger partial charge on any atom is 0.271 e. The van der Waals surface area contributed by atoms with Crippen LogP contribution in [0.25, 0.3) is 11.3 Å². The summed E-state index contributed by atoms with van der Waals surface area (Å²) in [5.41, 5.74) is 6.28. The number of halogens is 1.